The molecule has 2 atom stereocenters. The molecule has 2 N–H and O–H groups in total. The van der Waals surface area contributed by atoms with Crippen LogP contribution in [-0.2, 0) is 4.79 Å². The van der Waals surface area contributed by atoms with Crippen LogP contribution in [0.25, 0.3) is 0 Å². The molecule has 0 radical (unpaired) electrons. The number of carbonyl (C=O) groups is 1. The van der Waals surface area contributed by atoms with E-state index < -0.39 is 12.0 Å². The van der Waals surface area contributed by atoms with Gasteiger partial charge in [-0.25, -0.2) is 0 Å². The molecule has 18 heavy (non-hydrogen) atoms. The largest absolute Gasteiger partial charge is 0.494 e. The summed E-state index contributed by atoms with van der Waals surface area (Å²) < 4.78 is 5.59. The van der Waals surface area contributed by atoms with Gasteiger partial charge in [0.05, 0.1) is 12.0 Å². The summed E-state index contributed by atoms with van der Waals surface area (Å²) in [4.78, 5) is 11.0. The monoisotopic (exact) mass is 267 g/mol. The highest BCUT2D eigenvalue weighted by atomic mass is 32.2. The first kappa shape index (κ1) is 13.2. The van der Waals surface area contributed by atoms with Gasteiger partial charge in [0.1, 0.15) is 11.8 Å². The van der Waals surface area contributed by atoms with E-state index in [-0.39, 0.29) is 5.37 Å². The highest BCUT2D eigenvalue weighted by molar-refractivity contribution is 7.99. The van der Waals surface area contributed by atoms with E-state index in [1.165, 1.54) is 0 Å². The Labute approximate surface area is 111 Å². The molecule has 5 heteroatoms. The van der Waals surface area contributed by atoms with Crippen molar-refractivity contribution in [3.63, 3.8) is 0 Å². The minimum absolute atomic E-state index is 0.0115. The summed E-state index contributed by atoms with van der Waals surface area (Å²) in [7, 11) is 0. The summed E-state index contributed by atoms with van der Waals surface area (Å²) in [5, 5.41) is 12.2. The third-order valence-corrected chi connectivity index (χ3v) is 4.04. The lowest BCUT2D eigenvalue weighted by molar-refractivity contribution is -0.139. The maximum absolute atomic E-state index is 11.0. The van der Waals surface area contributed by atoms with Crippen molar-refractivity contribution in [1.29, 1.82) is 0 Å². The Morgan fingerprint density at radius 3 is 3.06 bits per heavy atom. The van der Waals surface area contributed by atoms with Crippen molar-refractivity contribution in [3.8, 4) is 5.75 Å². The quantitative estimate of drug-likeness (QED) is 0.876. The molecule has 0 saturated carbocycles. The minimum Gasteiger partial charge on any atom is -0.494 e. The van der Waals surface area contributed by atoms with Crippen LogP contribution in [0.3, 0.4) is 0 Å². The van der Waals surface area contributed by atoms with E-state index >= 15 is 0 Å². The number of ether oxygens (including phenoxy) is 1. The van der Waals surface area contributed by atoms with Crippen molar-refractivity contribution in [3.05, 3.63) is 29.8 Å². The van der Waals surface area contributed by atoms with Gasteiger partial charge in [0.2, 0.25) is 0 Å². The lowest BCUT2D eigenvalue weighted by Crippen LogP contribution is -2.41. The summed E-state index contributed by atoms with van der Waals surface area (Å²) in [5.41, 5.74) is 1.02. The average molecular weight is 267 g/mol. The predicted molar refractivity (Wildman–Crippen MR) is 72.0 cm³/mol. The van der Waals surface area contributed by atoms with Crippen LogP contribution in [0.15, 0.2) is 24.3 Å². The zero-order chi connectivity index (χ0) is 13.0. The maximum atomic E-state index is 11.0. The molecule has 0 spiro atoms. The van der Waals surface area contributed by atoms with Crippen LogP contribution < -0.4 is 10.1 Å². The van der Waals surface area contributed by atoms with Crippen LogP contribution in [0, 0.1) is 0 Å². The van der Waals surface area contributed by atoms with Crippen LogP contribution in [-0.4, -0.2) is 29.5 Å². The second-order valence-electron chi connectivity index (χ2n) is 4.07. The van der Waals surface area contributed by atoms with Crippen LogP contribution in [0.2, 0.25) is 0 Å². The van der Waals surface area contributed by atoms with E-state index in [9.17, 15) is 4.79 Å². The summed E-state index contributed by atoms with van der Waals surface area (Å²) in [6, 6.07) is 7.32. The Balaban J connectivity index is 2.17. The molecule has 4 nitrogen and oxygen atoms in total. The summed E-state index contributed by atoms with van der Waals surface area (Å²) >= 11 is 1.72. The molecule has 98 valence electrons. The number of para-hydroxylation sites is 1. The van der Waals surface area contributed by atoms with E-state index in [0.29, 0.717) is 13.0 Å². The summed E-state index contributed by atoms with van der Waals surface area (Å²) in [5.74, 6) is 0.889. The fourth-order valence-electron chi connectivity index (χ4n) is 1.98. The van der Waals surface area contributed by atoms with Gasteiger partial charge in [-0.05, 0) is 25.2 Å². The molecular formula is C13H17NO3S. The van der Waals surface area contributed by atoms with Crippen molar-refractivity contribution in [2.45, 2.75) is 24.8 Å². The van der Waals surface area contributed by atoms with E-state index in [2.05, 4.69) is 5.32 Å². The highest BCUT2D eigenvalue weighted by Gasteiger charge is 2.28. The fraction of sp³-hybridized carbons (Fsp3) is 0.462. The first-order chi connectivity index (χ1) is 8.72. The standard InChI is InChI=1S/C13H17NO3S/c1-2-17-11-6-4-3-5-9(11)12-14-10(13(15)16)7-8-18-12/h3-6,10,12,14H,2,7-8H2,1H3,(H,15,16). The number of hydrogen-bond donors (Lipinski definition) is 2. The molecule has 1 aliphatic heterocycles. The molecule has 1 fully saturated rings. The van der Waals surface area contributed by atoms with Gasteiger partial charge >= 0.3 is 5.97 Å². The number of carboxylic acids is 1. The van der Waals surface area contributed by atoms with Gasteiger partial charge in [-0.3, -0.25) is 10.1 Å². The summed E-state index contributed by atoms with van der Waals surface area (Å²) in [6.07, 6.45) is 0.660. The van der Waals surface area contributed by atoms with Crippen molar-refractivity contribution in [2.75, 3.05) is 12.4 Å². The first-order valence-electron chi connectivity index (χ1n) is 6.04. The normalized spacial score (nSPS) is 23.6. The second-order valence-corrected chi connectivity index (χ2v) is 5.28. The smallest absolute Gasteiger partial charge is 0.320 e. The third kappa shape index (κ3) is 2.97. The molecule has 0 bridgehead atoms. The molecule has 1 aromatic carbocycles. The molecule has 2 rings (SSSR count). The average Bonchev–Trinajstić information content (AvgIpc) is 2.40. The Morgan fingerprint density at radius 2 is 2.33 bits per heavy atom. The van der Waals surface area contributed by atoms with E-state index in [1.54, 1.807) is 11.8 Å². The van der Waals surface area contributed by atoms with Gasteiger partial charge in [0.15, 0.2) is 0 Å². The molecule has 0 aromatic heterocycles. The summed E-state index contributed by atoms with van der Waals surface area (Å²) in [6.45, 7) is 2.55. The van der Waals surface area contributed by atoms with Gasteiger partial charge < -0.3 is 9.84 Å². The third-order valence-electron chi connectivity index (χ3n) is 2.84. The number of thioether (sulfide) groups is 1. The van der Waals surface area contributed by atoms with Gasteiger partial charge in [0.25, 0.3) is 0 Å². The highest BCUT2D eigenvalue weighted by Crippen LogP contribution is 2.36. The van der Waals surface area contributed by atoms with Gasteiger partial charge in [-0.1, -0.05) is 18.2 Å². The number of carboxylic acid groups (broad SMARTS) is 1. The van der Waals surface area contributed by atoms with E-state index in [4.69, 9.17) is 9.84 Å². The number of aliphatic carboxylic acids is 1. The number of rotatable bonds is 4. The van der Waals surface area contributed by atoms with Gasteiger partial charge in [0, 0.05) is 5.56 Å². The van der Waals surface area contributed by atoms with Crippen molar-refractivity contribution in [2.24, 2.45) is 0 Å². The van der Waals surface area contributed by atoms with Crippen LogP contribution >= 0.6 is 11.8 Å². The Hall–Kier alpha value is -1.20. The zero-order valence-corrected chi connectivity index (χ0v) is 11.1. The van der Waals surface area contributed by atoms with Crippen molar-refractivity contribution >= 4 is 17.7 Å². The molecule has 0 aliphatic carbocycles. The van der Waals surface area contributed by atoms with E-state index in [1.807, 2.05) is 31.2 Å². The van der Waals surface area contributed by atoms with Gasteiger partial charge in [-0.15, -0.1) is 11.8 Å². The number of hydrogen-bond acceptors (Lipinski definition) is 4. The second kappa shape index (κ2) is 6.11. The molecule has 0 amide bonds. The lowest BCUT2D eigenvalue weighted by atomic mass is 10.1. The molecule has 1 saturated heterocycles. The zero-order valence-electron chi connectivity index (χ0n) is 10.3. The Kier molecular flexibility index (Phi) is 4.49. The van der Waals surface area contributed by atoms with Crippen LogP contribution in [0.4, 0.5) is 0 Å². The lowest BCUT2D eigenvalue weighted by Gasteiger charge is -2.29. The molecule has 1 aromatic rings. The van der Waals surface area contributed by atoms with Crippen molar-refractivity contribution in [1.82, 2.24) is 5.32 Å². The fourth-order valence-corrected chi connectivity index (χ4v) is 3.22. The predicted octanol–water partition coefficient (Wildman–Crippen LogP) is 2.26. The molecular weight excluding hydrogens is 250 g/mol. The van der Waals surface area contributed by atoms with Crippen molar-refractivity contribution < 1.29 is 14.6 Å². The number of benzene rings is 1. The Morgan fingerprint density at radius 1 is 1.56 bits per heavy atom. The SMILES string of the molecule is CCOc1ccccc1C1NC(C(=O)O)CCS1. The molecule has 1 heterocycles. The number of nitrogens with one attached hydrogen (secondary N) is 1. The van der Waals surface area contributed by atoms with Crippen LogP contribution in [0.5, 0.6) is 5.75 Å². The maximum Gasteiger partial charge on any atom is 0.320 e. The topological polar surface area (TPSA) is 58.6 Å². The van der Waals surface area contributed by atoms with E-state index in [0.717, 1.165) is 17.1 Å². The van der Waals surface area contributed by atoms with Crippen LogP contribution in [0.1, 0.15) is 24.3 Å². The first-order valence-corrected chi connectivity index (χ1v) is 7.09. The Bertz CT molecular complexity index is 424. The molecule has 1 aliphatic rings. The van der Waals surface area contributed by atoms with Gasteiger partial charge in [-0.2, -0.15) is 0 Å². The molecule has 2 unspecified atom stereocenters. The minimum atomic E-state index is -0.783.